The molecule has 1 aliphatic carbocycles. The van der Waals surface area contributed by atoms with Gasteiger partial charge in [-0.2, -0.15) is 0 Å². The standard InChI is InChI=1S/C15H16N2S/c1-9-8-12(9)14-16-13(10(2)15(18)17-14)11-6-4-3-5-7-11/h3-7,9,12H,8H2,1-2H3,(H,16,17,18). The first-order chi connectivity index (χ1) is 8.66. The van der Waals surface area contributed by atoms with Crippen LogP contribution in [0.15, 0.2) is 30.3 Å². The van der Waals surface area contributed by atoms with Crippen LogP contribution in [0.25, 0.3) is 11.3 Å². The van der Waals surface area contributed by atoms with Crippen LogP contribution in [0.1, 0.15) is 30.7 Å². The molecule has 1 aromatic carbocycles. The Morgan fingerprint density at radius 1 is 1.28 bits per heavy atom. The second-order valence-electron chi connectivity index (χ2n) is 5.11. The SMILES string of the molecule is Cc1c(-c2ccccc2)[nH]c(C2CC2C)nc1=S. The fraction of sp³-hybridized carbons (Fsp3) is 0.333. The summed E-state index contributed by atoms with van der Waals surface area (Å²) in [6.07, 6.45) is 1.22. The molecular weight excluding hydrogens is 240 g/mol. The highest BCUT2D eigenvalue weighted by atomic mass is 32.1. The lowest BCUT2D eigenvalue weighted by atomic mass is 10.1. The van der Waals surface area contributed by atoms with Crippen LogP contribution in [-0.4, -0.2) is 9.97 Å². The number of aromatic nitrogens is 2. The molecule has 0 aliphatic heterocycles. The number of nitrogens with zero attached hydrogens (tertiary/aromatic N) is 1. The van der Waals surface area contributed by atoms with Gasteiger partial charge < -0.3 is 4.98 Å². The van der Waals surface area contributed by atoms with Gasteiger partial charge >= 0.3 is 0 Å². The van der Waals surface area contributed by atoms with E-state index >= 15 is 0 Å². The molecule has 0 bridgehead atoms. The summed E-state index contributed by atoms with van der Waals surface area (Å²) >= 11 is 5.38. The van der Waals surface area contributed by atoms with Crippen LogP contribution in [0.4, 0.5) is 0 Å². The molecule has 1 aromatic heterocycles. The van der Waals surface area contributed by atoms with Crippen molar-refractivity contribution in [2.24, 2.45) is 5.92 Å². The predicted molar refractivity (Wildman–Crippen MR) is 76.1 cm³/mol. The average molecular weight is 256 g/mol. The Hall–Kier alpha value is -1.48. The van der Waals surface area contributed by atoms with Gasteiger partial charge in [0, 0.05) is 11.5 Å². The number of benzene rings is 1. The third-order valence-corrected chi connectivity index (χ3v) is 4.09. The van der Waals surface area contributed by atoms with Gasteiger partial charge in [0.2, 0.25) is 0 Å². The second-order valence-corrected chi connectivity index (χ2v) is 5.50. The van der Waals surface area contributed by atoms with Gasteiger partial charge in [-0.05, 0) is 24.8 Å². The third-order valence-electron chi connectivity index (χ3n) is 3.69. The Labute approximate surface area is 112 Å². The van der Waals surface area contributed by atoms with E-state index in [0.29, 0.717) is 5.92 Å². The maximum Gasteiger partial charge on any atom is 0.133 e. The van der Waals surface area contributed by atoms with E-state index in [2.05, 4.69) is 29.0 Å². The molecule has 0 amide bonds. The van der Waals surface area contributed by atoms with Gasteiger partial charge in [-0.15, -0.1) is 0 Å². The number of hydrogen-bond acceptors (Lipinski definition) is 2. The molecule has 2 nitrogen and oxygen atoms in total. The first-order valence-corrected chi connectivity index (χ1v) is 6.74. The minimum atomic E-state index is 0.565. The molecule has 2 atom stereocenters. The highest BCUT2D eigenvalue weighted by Gasteiger charge is 2.36. The molecule has 0 saturated heterocycles. The predicted octanol–water partition coefficient (Wildman–Crippen LogP) is 4.24. The van der Waals surface area contributed by atoms with Gasteiger partial charge in [0.25, 0.3) is 0 Å². The van der Waals surface area contributed by atoms with Crippen LogP contribution in [0.2, 0.25) is 0 Å². The van der Waals surface area contributed by atoms with E-state index in [-0.39, 0.29) is 0 Å². The Morgan fingerprint density at radius 3 is 2.56 bits per heavy atom. The van der Waals surface area contributed by atoms with Crippen LogP contribution in [0.5, 0.6) is 0 Å². The lowest BCUT2D eigenvalue weighted by Gasteiger charge is -2.09. The molecule has 1 N–H and O–H groups in total. The topological polar surface area (TPSA) is 28.7 Å². The summed E-state index contributed by atoms with van der Waals surface area (Å²) in [6, 6.07) is 10.3. The highest BCUT2D eigenvalue weighted by molar-refractivity contribution is 7.71. The molecule has 3 rings (SSSR count). The van der Waals surface area contributed by atoms with E-state index in [1.54, 1.807) is 0 Å². The van der Waals surface area contributed by atoms with Gasteiger partial charge in [-0.25, -0.2) is 4.98 Å². The monoisotopic (exact) mass is 256 g/mol. The van der Waals surface area contributed by atoms with Crippen molar-refractivity contribution < 1.29 is 0 Å². The summed E-state index contributed by atoms with van der Waals surface area (Å²) < 4.78 is 0.724. The number of aromatic amines is 1. The molecule has 92 valence electrons. The maximum absolute atomic E-state index is 5.38. The summed E-state index contributed by atoms with van der Waals surface area (Å²) in [4.78, 5) is 8.01. The van der Waals surface area contributed by atoms with Crippen molar-refractivity contribution in [3.63, 3.8) is 0 Å². The van der Waals surface area contributed by atoms with Crippen molar-refractivity contribution in [3.8, 4) is 11.3 Å². The summed E-state index contributed by atoms with van der Waals surface area (Å²) in [5.74, 6) is 2.35. The van der Waals surface area contributed by atoms with E-state index < -0.39 is 0 Å². The zero-order valence-electron chi connectivity index (χ0n) is 10.6. The van der Waals surface area contributed by atoms with Crippen molar-refractivity contribution in [2.45, 2.75) is 26.2 Å². The molecule has 1 saturated carbocycles. The second kappa shape index (κ2) is 4.32. The van der Waals surface area contributed by atoms with Crippen molar-refractivity contribution in [2.75, 3.05) is 0 Å². The molecule has 1 fully saturated rings. The van der Waals surface area contributed by atoms with Gasteiger partial charge in [0.05, 0.1) is 5.69 Å². The van der Waals surface area contributed by atoms with E-state index in [4.69, 9.17) is 12.2 Å². The van der Waals surface area contributed by atoms with E-state index in [1.807, 2.05) is 25.1 Å². The van der Waals surface area contributed by atoms with Crippen LogP contribution in [-0.2, 0) is 0 Å². The molecule has 0 radical (unpaired) electrons. The van der Waals surface area contributed by atoms with Gasteiger partial charge in [-0.3, -0.25) is 0 Å². The normalized spacial score (nSPS) is 21.9. The minimum Gasteiger partial charge on any atom is -0.343 e. The Kier molecular flexibility index (Phi) is 2.78. The quantitative estimate of drug-likeness (QED) is 0.814. The molecule has 1 aliphatic rings. The van der Waals surface area contributed by atoms with Crippen molar-refractivity contribution in [1.82, 2.24) is 9.97 Å². The van der Waals surface area contributed by atoms with E-state index in [1.165, 1.54) is 12.0 Å². The molecule has 18 heavy (non-hydrogen) atoms. The molecule has 2 unspecified atom stereocenters. The Bertz CT molecular complexity index is 631. The highest BCUT2D eigenvalue weighted by Crippen LogP contribution is 2.45. The van der Waals surface area contributed by atoms with Crippen molar-refractivity contribution in [3.05, 3.63) is 46.4 Å². The van der Waals surface area contributed by atoms with Crippen LogP contribution in [0.3, 0.4) is 0 Å². The summed E-state index contributed by atoms with van der Waals surface area (Å²) in [5, 5.41) is 0. The van der Waals surface area contributed by atoms with E-state index in [9.17, 15) is 0 Å². The third kappa shape index (κ3) is 1.99. The van der Waals surface area contributed by atoms with Crippen molar-refractivity contribution >= 4 is 12.2 Å². The fourth-order valence-electron chi connectivity index (χ4n) is 2.32. The van der Waals surface area contributed by atoms with Gasteiger partial charge in [-0.1, -0.05) is 49.5 Å². The fourth-order valence-corrected chi connectivity index (χ4v) is 2.52. The zero-order chi connectivity index (χ0) is 12.7. The zero-order valence-corrected chi connectivity index (χ0v) is 11.4. The minimum absolute atomic E-state index is 0.565. The summed E-state index contributed by atoms with van der Waals surface area (Å²) in [5.41, 5.74) is 3.36. The average Bonchev–Trinajstić information content (AvgIpc) is 3.11. The smallest absolute Gasteiger partial charge is 0.133 e. The molecule has 0 spiro atoms. The first kappa shape index (κ1) is 11.6. The van der Waals surface area contributed by atoms with Crippen LogP contribution >= 0.6 is 12.2 Å². The maximum atomic E-state index is 5.38. The lowest BCUT2D eigenvalue weighted by Crippen LogP contribution is -1.99. The molecule has 1 heterocycles. The Morgan fingerprint density at radius 2 is 1.94 bits per heavy atom. The number of hydrogen-bond donors (Lipinski definition) is 1. The first-order valence-electron chi connectivity index (χ1n) is 6.33. The van der Waals surface area contributed by atoms with Gasteiger partial charge in [0.15, 0.2) is 0 Å². The lowest BCUT2D eigenvalue weighted by molar-refractivity contribution is 0.837. The molecule has 3 heteroatoms. The summed E-state index contributed by atoms with van der Waals surface area (Å²) in [6.45, 7) is 4.29. The van der Waals surface area contributed by atoms with Crippen LogP contribution < -0.4 is 0 Å². The van der Waals surface area contributed by atoms with Crippen molar-refractivity contribution in [1.29, 1.82) is 0 Å². The molecule has 2 aromatic rings. The number of H-pyrrole nitrogens is 1. The number of rotatable bonds is 2. The molecular formula is C15H16N2S. The Balaban J connectivity index is 2.14. The summed E-state index contributed by atoms with van der Waals surface area (Å²) in [7, 11) is 0. The van der Waals surface area contributed by atoms with E-state index in [0.717, 1.165) is 27.6 Å². The van der Waals surface area contributed by atoms with Gasteiger partial charge in [0.1, 0.15) is 10.5 Å². The number of nitrogens with one attached hydrogen (secondary N) is 1. The largest absolute Gasteiger partial charge is 0.343 e. The van der Waals surface area contributed by atoms with Crippen LogP contribution in [0, 0.1) is 17.5 Å².